The average Bonchev–Trinajstić information content (AvgIpc) is 3.65. The summed E-state index contributed by atoms with van der Waals surface area (Å²) in [5.74, 6) is -3.47. The van der Waals surface area contributed by atoms with Gasteiger partial charge >= 0.3 is 0 Å². The fraction of sp³-hybridized carbons (Fsp3) is 0.281. The molecule has 0 bridgehead atoms. The van der Waals surface area contributed by atoms with Crippen LogP contribution in [-0.2, 0) is 19.6 Å². The molecule has 2 fully saturated rings. The lowest BCUT2D eigenvalue weighted by atomic mass is 9.86. The number of ketones is 1. The number of pyridine rings is 1. The van der Waals surface area contributed by atoms with Crippen LogP contribution in [0.1, 0.15) is 21.1 Å². The number of halogens is 3. The van der Waals surface area contributed by atoms with Crippen molar-refractivity contribution in [2.45, 2.75) is 24.7 Å². The van der Waals surface area contributed by atoms with Crippen LogP contribution >= 0.6 is 0 Å². The molecule has 1 N–H and O–H groups in total. The number of ether oxygens (including phenoxy) is 1. The number of benzene rings is 2. The van der Waals surface area contributed by atoms with Gasteiger partial charge in [-0.2, -0.15) is 0 Å². The van der Waals surface area contributed by atoms with Crippen LogP contribution in [0.5, 0.6) is 5.88 Å². The van der Waals surface area contributed by atoms with E-state index in [4.69, 9.17) is 6.11 Å². The molecule has 2 aromatic heterocycles. The van der Waals surface area contributed by atoms with E-state index >= 15 is 4.39 Å². The quantitative estimate of drug-likeness (QED) is 0.270. The molecule has 1 spiro atoms. The molecular formula is C32H29F3N6O5S. The zero-order valence-electron chi connectivity index (χ0n) is 26.3. The molecule has 0 saturated carbocycles. The van der Waals surface area contributed by atoms with E-state index in [1.165, 1.54) is 50.6 Å². The summed E-state index contributed by atoms with van der Waals surface area (Å²) in [4.78, 5) is 39.2. The Morgan fingerprint density at radius 1 is 1.04 bits per heavy atom. The van der Waals surface area contributed by atoms with Crippen molar-refractivity contribution in [3.05, 3.63) is 78.5 Å². The number of hydrogen-bond acceptors (Lipinski definition) is 9. The Bertz CT molecular complexity index is 2120. The van der Waals surface area contributed by atoms with Crippen LogP contribution in [0.3, 0.4) is 0 Å². The Morgan fingerprint density at radius 2 is 1.83 bits per heavy atom. The number of amides is 1. The van der Waals surface area contributed by atoms with Gasteiger partial charge in [-0.15, -0.1) is 0 Å². The summed E-state index contributed by atoms with van der Waals surface area (Å²) in [6, 6.07) is 6.21. The van der Waals surface area contributed by atoms with Gasteiger partial charge < -0.3 is 14.5 Å². The number of carbonyl (C=O) groups excluding carboxylic acids is 2. The summed E-state index contributed by atoms with van der Waals surface area (Å²) in [6.45, 7) is 3.25. The number of allylic oxidation sites excluding steroid dienone is 1. The van der Waals surface area contributed by atoms with Crippen LogP contribution in [0, 0.1) is 22.9 Å². The number of aromatic nitrogens is 3. The van der Waals surface area contributed by atoms with Crippen molar-refractivity contribution < 1.29 is 37.3 Å². The van der Waals surface area contributed by atoms with Gasteiger partial charge in [0, 0.05) is 61.1 Å². The van der Waals surface area contributed by atoms with E-state index in [0.29, 0.717) is 45.1 Å². The van der Waals surface area contributed by atoms with Crippen LogP contribution < -0.4 is 14.4 Å². The van der Waals surface area contributed by atoms with E-state index in [1.54, 1.807) is 4.90 Å². The number of fused-ring (bicyclic) bond motifs is 1. The first-order valence-corrected chi connectivity index (χ1v) is 16.0. The SMILES string of the molecule is [2H]c1nc(N2CCC3(CCN(C(=O)/C=C/C(C)=O)C3)C2)c2c(F)c(-c3cnc(OC)c(NS(=O)(=O)c4ccc(F)cc4F)c3)ccc2n1. The maximum atomic E-state index is 16.6. The molecule has 2 aliphatic heterocycles. The number of methoxy groups -OCH3 is 1. The Balaban J connectivity index is 1.34. The van der Waals surface area contributed by atoms with E-state index in [-0.39, 0.29) is 62.8 Å². The largest absolute Gasteiger partial charge is 0.480 e. The predicted octanol–water partition coefficient (Wildman–Crippen LogP) is 4.49. The van der Waals surface area contributed by atoms with Crippen molar-refractivity contribution in [1.29, 1.82) is 0 Å². The molecule has 15 heteroatoms. The highest BCUT2D eigenvalue weighted by atomic mass is 32.2. The van der Waals surface area contributed by atoms with Crippen LogP contribution in [0.2, 0.25) is 0 Å². The van der Waals surface area contributed by atoms with E-state index in [1.807, 2.05) is 4.90 Å². The van der Waals surface area contributed by atoms with Crippen molar-refractivity contribution >= 4 is 44.1 Å². The highest BCUT2D eigenvalue weighted by molar-refractivity contribution is 7.92. The molecule has 2 saturated heterocycles. The van der Waals surface area contributed by atoms with Gasteiger partial charge in [0.2, 0.25) is 11.8 Å². The molecule has 1 atom stereocenters. The number of carbonyl (C=O) groups is 2. The summed E-state index contributed by atoms with van der Waals surface area (Å²) in [6.07, 6.45) is 4.85. The molecule has 2 aromatic carbocycles. The van der Waals surface area contributed by atoms with Crippen LogP contribution in [-0.4, -0.2) is 73.2 Å². The monoisotopic (exact) mass is 667 g/mol. The van der Waals surface area contributed by atoms with Gasteiger partial charge in [-0.3, -0.25) is 14.3 Å². The summed E-state index contributed by atoms with van der Waals surface area (Å²) < 4.78 is 86.0. The number of nitrogens with one attached hydrogen (secondary N) is 1. The number of nitrogens with zero attached hydrogens (tertiary/aromatic N) is 5. The number of anilines is 2. The number of sulfonamides is 1. The fourth-order valence-electron chi connectivity index (χ4n) is 6.10. The lowest BCUT2D eigenvalue weighted by Gasteiger charge is -2.25. The van der Waals surface area contributed by atoms with Crippen LogP contribution in [0.4, 0.5) is 24.7 Å². The Morgan fingerprint density at radius 3 is 2.57 bits per heavy atom. The molecular weight excluding hydrogens is 637 g/mol. The third-order valence-electron chi connectivity index (χ3n) is 8.40. The Labute approximate surface area is 269 Å². The summed E-state index contributed by atoms with van der Waals surface area (Å²) in [7, 11) is -3.35. The van der Waals surface area contributed by atoms with E-state index in [2.05, 4.69) is 19.7 Å². The van der Waals surface area contributed by atoms with E-state index < -0.39 is 32.4 Å². The maximum absolute atomic E-state index is 16.6. The van der Waals surface area contributed by atoms with Crippen molar-refractivity contribution in [2.24, 2.45) is 5.41 Å². The Kier molecular flexibility index (Phi) is 7.99. The van der Waals surface area contributed by atoms with Crippen molar-refractivity contribution in [3.63, 3.8) is 0 Å². The molecule has 0 aliphatic carbocycles. The maximum Gasteiger partial charge on any atom is 0.264 e. The number of rotatable bonds is 8. The molecule has 4 aromatic rings. The minimum Gasteiger partial charge on any atom is -0.480 e. The topological polar surface area (TPSA) is 135 Å². The van der Waals surface area contributed by atoms with Gasteiger partial charge in [0.05, 0.1) is 18.0 Å². The van der Waals surface area contributed by atoms with Gasteiger partial charge in [-0.1, -0.05) is 0 Å². The van der Waals surface area contributed by atoms with Gasteiger partial charge in [-0.05, 0) is 56.2 Å². The fourth-order valence-corrected chi connectivity index (χ4v) is 7.21. The molecule has 47 heavy (non-hydrogen) atoms. The lowest BCUT2D eigenvalue weighted by Crippen LogP contribution is -2.33. The third kappa shape index (κ3) is 6.22. The summed E-state index contributed by atoms with van der Waals surface area (Å²) >= 11 is 0. The summed E-state index contributed by atoms with van der Waals surface area (Å²) in [5, 5.41) is 0.0437. The molecule has 1 amide bonds. The number of hydrogen-bond donors (Lipinski definition) is 1. The van der Waals surface area contributed by atoms with Crippen molar-refractivity contribution in [1.82, 2.24) is 19.9 Å². The minimum atomic E-state index is -4.58. The molecule has 0 radical (unpaired) electrons. The van der Waals surface area contributed by atoms with Gasteiger partial charge in [0.25, 0.3) is 10.0 Å². The molecule has 2 aliphatic rings. The molecule has 6 rings (SSSR count). The second-order valence-corrected chi connectivity index (χ2v) is 13.2. The van der Waals surface area contributed by atoms with E-state index in [0.717, 1.165) is 12.1 Å². The smallest absolute Gasteiger partial charge is 0.264 e. The first kappa shape index (κ1) is 30.6. The van der Waals surface area contributed by atoms with Gasteiger partial charge in [0.15, 0.2) is 5.78 Å². The van der Waals surface area contributed by atoms with Crippen LogP contribution in [0.25, 0.3) is 22.0 Å². The van der Waals surface area contributed by atoms with Crippen LogP contribution in [0.15, 0.2) is 65.9 Å². The second-order valence-electron chi connectivity index (χ2n) is 11.6. The zero-order valence-corrected chi connectivity index (χ0v) is 26.1. The highest BCUT2D eigenvalue weighted by Gasteiger charge is 2.45. The molecule has 244 valence electrons. The van der Waals surface area contributed by atoms with E-state index in [9.17, 15) is 26.8 Å². The first-order chi connectivity index (χ1) is 22.8. The number of likely N-dealkylation sites (tertiary alicyclic amines) is 1. The lowest BCUT2D eigenvalue weighted by molar-refractivity contribution is -0.125. The highest BCUT2D eigenvalue weighted by Crippen LogP contribution is 2.43. The normalized spacial score (nSPS) is 18.4. The Hall–Kier alpha value is -5.05. The second kappa shape index (κ2) is 12.3. The van der Waals surface area contributed by atoms with Crippen molar-refractivity contribution in [2.75, 3.05) is 42.9 Å². The predicted molar refractivity (Wildman–Crippen MR) is 167 cm³/mol. The molecule has 4 heterocycles. The third-order valence-corrected chi connectivity index (χ3v) is 9.80. The minimum absolute atomic E-state index is 0.0115. The first-order valence-electron chi connectivity index (χ1n) is 15.0. The van der Waals surface area contributed by atoms with Gasteiger partial charge in [-0.25, -0.2) is 36.5 Å². The zero-order chi connectivity index (χ0) is 34.4. The van der Waals surface area contributed by atoms with Gasteiger partial charge in [0.1, 0.15) is 41.5 Å². The van der Waals surface area contributed by atoms with Crippen molar-refractivity contribution in [3.8, 4) is 17.0 Å². The molecule has 11 nitrogen and oxygen atoms in total. The standard InChI is InChI=1S/C32H29F3N6O5S/c1-19(42)3-8-27(43)40-11-9-32(16-40)10-12-41(17-32)30-28-24(37-18-38-30)6-5-22(29(28)35)20-13-25(31(46-2)36-15-20)39-47(44,45)26-7-4-21(33)14-23(26)34/h3-8,13-15,18,39H,9-12,16-17H2,1-2H3/b8-3+/i18D. The summed E-state index contributed by atoms with van der Waals surface area (Å²) in [5.41, 5.74) is -0.189. The molecule has 1 unspecified atom stereocenters. The average molecular weight is 668 g/mol.